The first-order valence-electron chi connectivity index (χ1n) is 7.03. The van der Waals surface area contributed by atoms with Crippen molar-refractivity contribution in [1.82, 2.24) is 4.90 Å². The molecule has 1 saturated heterocycles. The van der Waals surface area contributed by atoms with Crippen LogP contribution >= 0.6 is 0 Å². The van der Waals surface area contributed by atoms with Crippen molar-refractivity contribution in [3.63, 3.8) is 0 Å². The molecule has 1 aromatic rings. The smallest absolute Gasteiger partial charge is 0.310 e. The third-order valence-electron chi connectivity index (χ3n) is 3.53. The van der Waals surface area contributed by atoms with Crippen LogP contribution in [-0.4, -0.2) is 36.1 Å². The maximum Gasteiger partial charge on any atom is 0.310 e. The predicted octanol–water partition coefficient (Wildman–Crippen LogP) is 1.92. The van der Waals surface area contributed by atoms with Crippen LogP contribution in [0.1, 0.15) is 24.8 Å². The van der Waals surface area contributed by atoms with Crippen molar-refractivity contribution < 1.29 is 9.66 Å². The van der Waals surface area contributed by atoms with Gasteiger partial charge in [0.15, 0.2) is 5.75 Å². The van der Waals surface area contributed by atoms with E-state index in [9.17, 15) is 10.1 Å². The maximum absolute atomic E-state index is 10.9. The fourth-order valence-electron chi connectivity index (χ4n) is 2.43. The lowest BCUT2D eigenvalue weighted by Gasteiger charge is -2.14. The minimum absolute atomic E-state index is 0.00312. The molecule has 20 heavy (non-hydrogen) atoms. The zero-order valence-electron chi connectivity index (χ0n) is 11.6. The van der Waals surface area contributed by atoms with Crippen LogP contribution in [0.4, 0.5) is 5.69 Å². The molecular formula is C14H21N3O3. The van der Waals surface area contributed by atoms with Crippen LogP contribution in [0, 0.1) is 10.1 Å². The molecule has 0 radical (unpaired) electrons. The molecule has 1 aliphatic rings. The van der Waals surface area contributed by atoms with E-state index >= 15 is 0 Å². The normalized spacial score (nSPS) is 15.4. The monoisotopic (exact) mass is 279 g/mol. The molecule has 0 bridgehead atoms. The number of nitrogens with two attached hydrogens (primary N) is 1. The molecule has 1 aliphatic heterocycles. The third-order valence-corrected chi connectivity index (χ3v) is 3.53. The molecular weight excluding hydrogens is 258 g/mol. The maximum atomic E-state index is 10.9. The fraction of sp³-hybridized carbons (Fsp3) is 0.571. The van der Waals surface area contributed by atoms with Crippen LogP contribution in [0.3, 0.4) is 0 Å². The van der Waals surface area contributed by atoms with Crippen molar-refractivity contribution in [2.75, 3.05) is 26.2 Å². The van der Waals surface area contributed by atoms with Crippen molar-refractivity contribution in [3.05, 3.63) is 33.9 Å². The molecule has 0 amide bonds. The number of nitro groups is 1. The summed E-state index contributed by atoms with van der Waals surface area (Å²) in [4.78, 5) is 12.9. The Morgan fingerprint density at radius 2 is 2.10 bits per heavy atom. The summed E-state index contributed by atoms with van der Waals surface area (Å²) in [6.07, 6.45) is 3.42. The lowest BCUT2D eigenvalue weighted by atomic mass is 10.2. The summed E-state index contributed by atoms with van der Waals surface area (Å²) in [5.41, 5.74) is 6.39. The molecule has 1 fully saturated rings. The summed E-state index contributed by atoms with van der Waals surface area (Å²) in [6, 6.07) is 4.78. The van der Waals surface area contributed by atoms with Crippen LogP contribution in [0.2, 0.25) is 0 Å². The molecule has 6 heteroatoms. The van der Waals surface area contributed by atoms with Crippen LogP contribution in [0.5, 0.6) is 5.75 Å². The highest BCUT2D eigenvalue weighted by atomic mass is 16.6. The predicted molar refractivity (Wildman–Crippen MR) is 76.8 cm³/mol. The number of hydrogen-bond acceptors (Lipinski definition) is 5. The third kappa shape index (κ3) is 3.91. The van der Waals surface area contributed by atoms with Crippen molar-refractivity contribution in [3.8, 4) is 5.75 Å². The Bertz CT molecular complexity index is 459. The van der Waals surface area contributed by atoms with Gasteiger partial charge in [0.2, 0.25) is 0 Å². The number of benzene rings is 1. The lowest BCUT2D eigenvalue weighted by molar-refractivity contribution is -0.385. The number of nitro benzene ring substituents is 1. The van der Waals surface area contributed by atoms with Crippen molar-refractivity contribution >= 4 is 5.69 Å². The Morgan fingerprint density at radius 3 is 2.75 bits per heavy atom. The summed E-state index contributed by atoms with van der Waals surface area (Å²) in [5.74, 6) is 0.319. The van der Waals surface area contributed by atoms with Crippen LogP contribution in [0.15, 0.2) is 18.2 Å². The van der Waals surface area contributed by atoms with E-state index in [1.54, 1.807) is 12.1 Å². The summed E-state index contributed by atoms with van der Waals surface area (Å²) in [5, 5.41) is 10.9. The number of hydrogen-bond donors (Lipinski definition) is 1. The molecule has 0 unspecified atom stereocenters. The average Bonchev–Trinajstić information content (AvgIpc) is 2.96. The second kappa shape index (κ2) is 7.21. The number of nitrogens with zero attached hydrogens (tertiary/aromatic N) is 2. The van der Waals surface area contributed by atoms with Crippen molar-refractivity contribution in [2.45, 2.75) is 25.8 Å². The zero-order chi connectivity index (χ0) is 14.4. The first-order valence-corrected chi connectivity index (χ1v) is 7.03. The Balaban J connectivity index is 1.88. The molecule has 110 valence electrons. The Hall–Kier alpha value is -1.66. The second-order valence-corrected chi connectivity index (χ2v) is 5.01. The van der Waals surface area contributed by atoms with Gasteiger partial charge < -0.3 is 15.4 Å². The Labute approximate surface area is 118 Å². The van der Waals surface area contributed by atoms with Crippen molar-refractivity contribution in [1.29, 1.82) is 0 Å². The van der Waals surface area contributed by atoms with E-state index in [-0.39, 0.29) is 5.69 Å². The molecule has 2 N–H and O–H groups in total. The first kappa shape index (κ1) is 14.7. The Kier molecular flexibility index (Phi) is 5.31. The largest absolute Gasteiger partial charge is 0.487 e. The molecule has 0 saturated carbocycles. The van der Waals surface area contributed by atoms with Gasteiger partial charge >= 0.3 is 5.69 Å². The van der Waals surface area contributed by atoms with Gasteiger partial charge in [0.25, 0.3) is 0 Å². The van der Waals surface area contributed by atoms with Gasteiger partial charge in [0, 0.05) is 19.2 Å². The van der Waals surface area contributed by atoms with E-state index in [1.165, 1.54) is 18.9 Å². The highest BCUT2D eigenvalue weighted by molar-refractivity contribution is 5.48. The lowest BCUT2D eigenvalue weighted by Crippen LogP contribution is -2.22. The first-order chi connectivity index (χ1) is 9.70. The quantitative estimate of drug-likeness (QED) is 0.468. The molecule has 0 spiro atoms. The number of rotatable bonds is 7. The van der Waals surface area contributed by atoms with Gasteiger partial charge in [-0.3, -0.25) is 10.1 Å². The van der Waals surface area contributed by atoms with E-state index in [0.717, 1.165) is 31.6 Å². The molecule has 1 heterocycles. The molecule has 6 nitrogen and oxygen atoms in total. The topological polar surface area (TPSA) is 81.6 Å². The van der Waals surface area contributed by atoms with Gasteiger partial charge in [-0.15, -0.1) is 0 Å². The molecule has 1 aromatic carbocycles. The SMILES string of the molecule is NCc1ccc([N+](=O)[O-])c(OCCCN2CCCC2)c1. The van der Waals surface area contributed by atoms with E-state index in [2.05, 4.69) is 4.90 Å². The minimum atomic E-state index is -0.421. The van der Waals surface area contributed by atoms with E-state index in [0.29, 0.717) is 18.9 Å². The summed E-state index contributed by atoms with van der Waals surface area (Å²) >= 11 is 0. The molecule has 2 rings (SSSR count). The average molecular weight is 279 g/mol. The van der Waals surface area contributed by atoms with E-state index in [4.69, 9.17) is 10.5 Å². The summed E-state index contributed by atoms with van der Waals surface area (Å²) in [6.45, 7) is 4.14. The van der Waals surface area contributed by atoms with Gasteiger partial charge in [0.05, 0.1) is 11.5 Å². The number of ether oxygens (including phenoxy) is 1. The molecule has 0 aromatic heterocycles. The number of likely N-dealkylation sites (tertiary alicyclic amines) is 1. The molecule has 0 aliphatic carbocycles. The van der Waals surface area contributed by atoms with Crippen LogP contribution in [-0.2, 0) is 6.54 Å². The minimum Gasteiger partial charge on any atom is -0.487 e. The van der Waals surface area contributed by atoms with E-state index in [1.807, 2.05) is 0 Å². The Morgan fingerprint density at radius 1 is 1.35 bits per heavy atom. The highest BCUT2D eigenvalue weighted by Crippen LogP contribution is 2.28. The van der Waals surface area contributed by atoms with Gasteiger partial charge in [-0.05, 0) is 44.0 Å². The standard InChI is InChI=1S/C14H21N3O3/c15-11-12-4-5-13(17(18)19)14(10-12)20-9-3-8-16-6-1-2-7-16/h4-5,10H,1-3,6-9,11,15H2. The van der Waals surface area contributed by atoms with Crippen LogP contribution in [0.25, 0.3) is 0 Å². The fourth-order valence-corrected chi connectivity index (χ4v) is 2.43. The van der Waals surface area contributed by atoms with Crippen molar-refractivity contribution in [2.24, 2.45) is 5.73 Å². The summed E-state index contributed by atoms with van der Waals surface area (Å²) in [7, 11) is 0. The van der Waals surface area contributed by atoms with Gasteiger partial charge in [-0.1, -0.05) is 6.07 Å². The van der Waals surface area contributed by atoms with Gasteiger partial charge in [-0.2, -0.15) is 0 Å². The van der Waals surface area contributed by atoms with Gasteiger partial charge in [-0.25, -0.2) is 0 Å². The zero-order valence-corrected chi connectivity index (χ0v) is 11.6. The second-order valence-electron chi connectivity index (χ2n) is 5.01. The van der Waals surface area contributed by atoms with E-state index < -0.39 is 4.92 Å². The highest BCUT2D eigenvalue weighted by Gasteiger charge is 2.16. The summed E-state index contributed by atoms with van der Waals surface area (Å²) < 4.78 is 5.58. The molecule has 0 atom stereocenters. The van der Waals surface area contributed by atoms with Crippen LogP contribution < -0.4 is 10.5 Å². The van der Waals surface area contributed by atoms with Gasteiger partial charge in [0.1, 0.15) is 0 Å².